The van der Waals surface area contributed by atoms with Crippen molar-refractivity contribution in [3.05, 3.63) is 33.5 Å². The Morgan fingerprint density at radius 3 is 2.77 bits per heavy atom. The average Bonchev–Trinajstić information content (AvgIpc) is 2.13. The molecule has 0 aliphatic heterocycles. The maximum absolute atomic E-state index is 12.9. The van der Waals surface area contributed by atoms with Gasteiger partial charge in [0.05, 0.1) is 11.0 Å². The number of benzene rings is 1. The van der Waals surface area contributed by atoms with E-state index < -0.39 is 0 Å². The summed E-state index contributed by atoms with van der Waals surface area (Å²) >= 11 is 3.06. The molecule has 0 bridgehead atoms. The summed E-state index contributed by atoms with van der Waals surface area (Å²) in [5, 5.41) is 0. The third-order valence-electron chi connectivity index (χ3n) is 1.83. The summed E-state index contributed by atoms with van der Waals surface area (Å²) in [6.07, 6.45) is 0. The lowest BCUT2D eigenvalue weighted by Crippen LogP contribution is -2.15. The monoisotopic (exact) mass is 245 g/mol. The minimum Gasteiger partial charge on any atom is -0.324 e. The standard InChI is InChI=1S/C9H9BrFNO/c1-5-6(8(13)4-12)2-3-7(11)9(5)10/h2-3H,4,12H2,1H3. The maximum atomic E-state index is 12.9. The Kier molecular flexibility index (Phi) is 3.17. The van der Waals surface area contributed by atoms with E-state index in [1.54, 1.807) is 6.92 Å². The number of Topliss-reactive ketones (excluding diaryl/α,β-unsaturated/α-hetero) is 1. The minimum atomic E-state index is -0.369. The number of nitrogens with two attached hydrogens (primary N) is 1. The van der Waals surface area contributed by atoms with Crippen molar-refractivity contribution in [2.75, 3.05) is 6.54 Å². The van der Waals surface area contributed by atoms with Gasteiger partial charge in [0.15, 0.2) is 5.78 Å². The third kappa shape index (κ3) is 1.95. The zero-order valence-electron chi connectivity index (χ0n) is 7.10. The Morgan fingerprint density at radius 2 is 2.23 bits per heavy atom. The van der Waals surface area contributed by atoms with Crippen molar-refractivity contribution >= 4 is 21.7 Å². The zero-order valence-corrected chi connectivity index (χ0v) is 8.69. The molecule has 4 heteroatoms. The molecule has 13 heavy (non-hydrogen) atoms. The molecule has 0 amide bonds. The second-order valence-electron chi connectivity index (χ2n) is 2.66. The van der Waals surface area contributed by atoms with Gasteiger partial charge in [-0.15, -0.1) is 0 Å². The fourth-order valence-electron chi connectivity index (χ4n) is 1.06. The highest BCUT2D eigenvalue weighted by Crippen LogP contribution is 2.23. The van der Waals surface area contributed by atoms with Crippen molar-refractivity contribution in [3.8, 4) is 0 Å². The van der Waals surface area contributed by atoms with Crippen LogP contribution in [0.2, 0.25) is 0 Å². The van der Waals surface area contributed by atoms with Crippen molar-refractivity contribution < 1.29 is 9.18 Å². The Labute approximate surface area is 84.1 Å². The maximum Gasteiger partial charge on any atom is 0.176 e. The Morgan fingerprint density at radius 1 is 1.62 bits per heavy atom. The van der Waals surface area contributed by atoms with E-state index in [1.807, 2.05) is 0 Å². The van der Waals surface area contributed by atoms with Crippen LogP contribution in [0.1, 0.15) is 15.9 Å². The van der Waals surface area contributed by atoms with Crippen molar-refractivity contribution in [2.45, 2.75) is 6.92 Å². The first-order chi connectivity index (χ1) is 6.07. The molecule has 1 rings (SSSR count). The molecular formula is C9H9BrFNO. The first-order valence-electron chi connectivity index (χ1n) is 3.75. The molecular weight excluding hydrogens is 237 g/mol. The van der Waals surface area contributed by atoms with E-state index in [9.17, 15) is 9.18 Å². The van der Waals surface area contributed by atoms with Crippen LogP contribution in [0.5, 0.6) is 0 Å². The van der Waals surface area contributed by atoms with Crippen LogP contribution in [-0.4, -0.2) is 12.3 Å². The SMILES string of the molecule is Cc1c(C(=O)CN)ccc(F)c1Br. The van der Waals surface area contributed by atoms with Crippen molar-refractivity contribution in [2.24, 2.45) is 5.73 Å². The summed E-state index contributed by atoms with van der Waals surface area (Å²) in [5.74, 6) is -0.552. The molecule has 0 aliphatic rings. The molecule has 2 nitrogen and oxygen atoms in total. The highest BCUT2D eigenvalue weighted by Gasteiger charge is 2.11. The molecule has 1 aromatic rings. The van der Waals surface area contributed by atoms with Gasteiger partial charge in [0.2, 0.25) is 0 Å². The number of carbonyl (C=O) groups excluding carboxylic acids is 1. The van der Waals surface area contributed by atoms with E-state index in [4.69, 9.17) is 5.73 Å². The predicted molar refractivity (Wildman–Crippen MR) is 52.2 cm³/mol. The first-order valence-corrected chi connectivity index (χ1v) is 4.55. The molecule has 0 spiro atoms. The van der Waals surface area contributed by atoms with E-state index in [0.29, 0.717) is 15.6 Å². The summed E-state index contributed by atoms with van der Waals surface area (Å²) in [4.78, 5) is 11.2. The molecule has 0 heterocycles. The largest absolute Gasteiger partial charge is 0.324 e. The molecule has 0 aromatic heterocycles. The highest BCUT2D eigenvalue weighted by atomic mass is 79.9. The van der Waals surface area contributed by atoms with Crippen LogP contribution in [0, 0.1) is 12.7 Å². The molecule has 0 unspecified atom stereocenters. The lowest BCUT2D eigenvalue weighted by molar-refractivity contribution is 0.100. The molecule has 0 radical (unpaired) electrons. The van der Waals surface area contributed by atoms with Gasteiger partial charge in [-0.3, -0.25) is 4.79 Å². The van der Waals surface area contributed by atoms with Crippen molar-refractivity contribution in [1.82, 2.24) is 0 Å². The number of rotatable bonds is 2. The fraction of sp³-hybridized carbons (Fsp3) is 0.222. The minimum absolute atomic E-state index is 0.0566. The molecule has 0 saturated heterocycles. The van der Waals surface area contributed by atoms with Gasteiger partial charge in [-0.05, 0) is 40.5 Å². The second-order valence-corrected chi connectivity index (χ2v) is 3.45. The van der Waals surface area contributed by atoms with E-state index in [0.717, 1.165) is 0 Å². The van der Waals surface area contributed by atoms with Crippen LogP contribution in [0.4, 0.5) is 4.39 Å². The lowest BCUT2D eigenvalue weighted by Gasteiger charge is -2.05. The van der Waals surface area contributed by atoms with Crippen molar-refractivity contribution in [1.29, 1.82) is 0 Å². The summed E-state index contributed by atoms with van der Waals surface area (Å²) in [6.45, 7) is 1.62. The van der Waals surface area contributed by atoms with Gasteiger partial charge < -0.3 is 5.73 Å². The Bertz CT molecular complexity index is 352. The topological polar surface area (TPSA) is 43.1 Å². The second kappa shape index (κ2) is 3.98. The van der Waals surface area contributed by atoms with Crippen LogP contribution in [-0.2, 0) is 0 Å². The van der Waals surface area contributed by atoms with Gasteiger partial charge in [0.1, 0.15) is 5.82 Å². The molecule has 1 aromatic carbocycles. The highest BCUT2D eigenvalue weighted by molar-refractivity contribution is 9.10. The van der Waals surface area contributed by atoms with Crippen LogP contribution in [0.25, 0.3) is 0 Å². The zero-order chi connectivity index (χ0) is 10.0. The predicted octanol–water partition coefficient (Wildman–Crippen LogP) is 2.04. The van der Waals surface area contributed by atoms with E-state index >= 15 is 0 Å². The number of hydrogen-bond donors (Lipinski definition) is 1. The normalized spacial score (nSPS) is 10.2. The number of hydrogen-bond acceptors (Lipinski definition) is 2. The first kappa shape index (κ1) is 10.3. The fourth-order valence-corrected chi connectivity index (χ4v) is 1.41. The molecule has 0 saturated carbocycles. The van der Waals surface area contributed by atoms with Gasteiger partial charge in [-0.1, -0.05) is 0 Å². The molecule has 0 atom stereocenters. The van der Waals surface area contributed by atoms with Crippen LogP contribution in [0.15, 0.2) is 16.6 Å². The van der Waals surface area contributed by atoms with Crippen LogP contribution >= 0.6 is 15.9 Å². The van der Waals surface area contributed by atoms with Gasteiger partial charge in [-0.25, -0.2) is 4.39 Å². The third-order valence-corrected chi connectivity index (χ3v) is 2.80. The van der Waals surface area contributed by atoms with E-state index in [1.165, 1.54) is 12.1 Å². The molecule has 0 aliphatic carbocycles. The van der Waals surface area contributed by atoms with Gasteiger partial charge in [-0.2, -0.15) is 0 Å². The smallest absolute Gasteiger partial charge is 0.176 e. The summed E-state index contributed by atoms with van der Waals surface area (Å²) in [7, 11) is 0. The molecule has 2 N–H and O–H groups in total. The van der Waals surface area contributed by atoms with Crippen LogP contribution < -0.4 is 5.73 Å². The number of halogens is 2. The number of ketones is 1. The molecule has 0 fully saturated rings. The quantitative estimate of drug-likeness (QED) is 0.811. The summed E-state index contributed by atoms with van der Waals surface area (Å²) < 4.78 is 13.3. The van der Waals surface area contributed by atoms with Crippen LogP contribution in [0.3, 0.4) is 0 Å². The van der Waals surface area contributed by atoms with Gasteiger partial charge in [0, 0.05) is 5.56 Å². The van der Waals surface area contributed by atoms with Gasteiger partial charge >= 0.3 is 0 Å². The Balaban J connectivity index is 3.26. The summed E-state index contributed by atoms with van der Waals surface area (Å²) in [5.41, 5.74) is 6.26. The molecule has 70 valence electrons. The average molecular weight is 246 g/mol. The summed E-state index contributed by atoms with van der Waals surface area (Å²) in [6, 6.07) is 2.70. The van der Waals surface area contributed by atoms with Gasteiger partial charge in [0.25, 0.3) is 0 Å². The lowest BCUT2D eigenvalue weighted by atomic mass is 10.0. The number of carbonyl (C=O) groups is 1. The van der Waals surface area contributed by atoms with E-state index in [-0.39, 0.29) is 18.1 Å². The van der Waals surface area contributed by atoms with E-state index in [2.05, 4.69) is 15.9 Å². The Hall–Kier alpha value is -0.740. The van der Waals surface area contributed by atoms with Crippen molar-refractivity contribution in [3.63, 3.8) is 0 Å².